The lowest BCUT2D eigenvalue weighted by molar-refractivity contribution is 0.0315. The predicted octanol–water partition coefficient (Wildman–Crippen LogP) is 0.897. The van der Waals surface area contributed by atoms with Crippen LogP contribution in [-0.2, 0) is 0 Å². The van der Waals surface area contributed by atoms with Crippen LogP contribution >= 0.6 is 0 Å². The SMILES string of the molecule is CCN(CC(C)(C)O)C(=O)c1ccncc1N. The van der Waals surface area contributed by atoms with Crippen molar-refractivity contribution < 1.29 is 9.90 Å². The molecule has 0 aromatic carbocycles. The monoisotopic (exact) mass is 237 g/mol. The van der Waals surface area contributed by atoms with Crippen molar-refractivity contribution >= 4 is 11.6 Å². The van der Waals surface area contributed by atoms with Crippen molar-refractivity contribution in [3.8, 4) is 0 Å². The highest BCUT2D eigenvalue weighted by molar-refractivity contribution is 5.98. The second-order valence-electron chi connectivity index (χ2n) is 4.59. The van der Waals surface area contributed by atoms with Crippen molar-refractivity contribution in [2.24, 2.45) is 0 Å². The van der Waals surface area contributed by atoms with Crippen LogP contribution in [0.1, 0.15) is 31.1 Å². The van der Waals surface area contributed by atoms with Crippen LogP contribution in [0.25, 0.3) is 0 Å². The maximum Gasteiger partial charge on any atom is 0.256 e. The summed E-state index contributed by atoms with van der Waals surface area (Å²) in [6.07, 6.45) is 2.98. The summed E-state index contributed by atoms with van der Waals surface area (Å²) in [6.45, 7) is 5.98. The Morgan fingerprint density at radius 2 is 2.24 bits per heavy atom. The van der Waals surface area contributed by atoms with Gasteiger partial charge in [0.15, 0.2) is 0 Å². The Kier molecular flexibility index (Phi) is 4.07. The number of pyridine rings is 1. The molecule has 0 spiro atoms. The van der Waals surface area contributed by atoms with E-state index in [0.717, 1.165) is 0 Å². The molecule has 3 N–H and O–H groups in total. The molecule has 0 atom stereocenters. The second kappa shape index (κ2) is 5.14. The highest BCUT2D eigenvalue weighted by atomic mass is 16.3. The molecule has 0 saturated heterocycles. The molecule has 17 heavy (non-hydrogen) atoms. The van der Waals surface area contributed by atoms with Gasteiger partial charge in [-0.1, -0.05) is 0 Å². The fourth-order valence-corrected chi connectivity index (χ4v) is 1.57. The summed E-state index contributed by atoms with van der Waals surface area (Å²) < 4.78 is 0. The molecular formula is C12H19N3O2. The third-order valence-corrected chi connectivity index (χ3v) is 2.33. The van der Waals surface area contributed by atoms with E-state index in [9.17, 15) is 9.90 Å². The standard InChI is InChI=1S/C12H19N3O2/c1-4-15(8-12(2,3)17)11(16)9-5-6-14-7-10(9)13/h5-7,17H,4,8,13H2,1-3H3. The van der Waals surface area contributed by atoms with E-state index in [0.29, 0.717) is 17.8 Å². The van der Waals surface area contributed by atoms with Crippen LogP contribution in [-0.4, -0.2) is 39.6 Å². The Labute approximate surface area is 101 Å². The number of carbonyl (C=O) groups excluding carboxylic acids is 1. The average molecular weight is 237 g/mol. The van der Waals surface area contributed by atoms with Gasteiger partial charge in [-0.05, 0) is 26.8 Å². The third-order valence-electron chi connectivity index (χ3n) is 2.33. The van der Waals surface area contributed by atoms with Crippen molar-refractivity contribution in [2.45, 2.75) is 26.4 Å². The first-order valence-electron chi connectivity index (χ1n) is 5.56. The fourth-order valence-electron chi connectivity index (χ4n) is 1.57. The fraction of sp³-hybridized carbons (Fsp3) is 0.500. The largest absolute Gasteiger partial charge is 0.397 e. The topological polar surface area (TPSA) is 79.5 Å². The maximum absolute atomic E-state index is 12.2. The number of anilines is 1. The molecule has 1 rings (SSSR count). The van der Waals surface area contributed by atoms with E-state index >= 15 is 0 Å². The van der Waals surface area contributed by atoms with E-state index in [1.54, 1.807) is 24.8 Å². The molecule has 0 saturated carbocycles. The van der Waals surface area contributed by atoms with Gasteiger partial charge in [0.05, 0.1) is 23.0 Å². The average Bonchev–Trinajstić information content (AvgIpc) is 2.24. The van der Waals surface area contributed by atoms with E-state index in [1.807, 2.05) is 6.92 Å². The van der Waals surface area contributed by atoms with Gasteiger partial charge >= 0.3 is 0 Å². The van der Waals surface area contributed by atoms with Gasteiger partial charge in [-0.25, -0.2) is 0 Å². The van der Waals surface area contributed by atoms with E-state index in [2.05, 4.69) is 4.98 Å². The van der Waals surface area contributed by atoms with E-state index < -0.39 is 5.60 Å². The quantitative estimate of drug-likeness (QED) is 0.815. The van der Waals surface area contributed by atoms with Gasteiger partial charge in [0.25, 0.3) is 5.91 Å². The van der Waals surface area contributed by atoms with E-state index in [4.69, 9.17) is 5.73 Å². The van der Waals surface area contributed by atoms with Crippen LogP contribution < -0.4 is 5.73 Å². The van der Waals surface area contributed by atoms with Crippen LogP contribution in [0.3, 0.4) is 0 Å². The summed E-state index contributed by atoms with van der Waals surface area (Å²) >= 11 is 0. The summed E-state index contributed by atoms with van der Waals surface area (Å²) in [7, 11) is 0. The first-order chi connectivity index (χ1) is 7.85. The Bertz CT molecular complexity index is 399. The van der Waals surface area contributed by atoms with Crippen LogP contribution in [0.2, 0.25) is 0 Å². The number of nitrogens with zero attached hydrogens (tertiary/aromatic N) is 2. The summed E-state index contributed by atoms with van der Waals surface area (Å²) in [4.78, 5) is 17.6. The summed E-state index contributed by atoms with van der Waals surface area (Å²) in [5.74, 6) is -0.186. The molecule has 1 heterocycles. The zero-order chi connectivity index (χ0) is 13.1. The number of nitrogen functional groups attached to an aromatic ring is 1. The van der Waals surface area contributed by atoms with Gasteiger partial charge in [0.2, 0.25) is 0 Å². The maximum atomic E-state index is 12.2. The van der Waals surface area contributed by atoms with Crippen molar-refractivity contribution in [3.63, 3.8) is 0 Å². The highest BCUT2D eigenvalue weighted by Gasteiger charge is 2.23. The minimum Gasteiger partial charge on any atom is -0.397 e. The Balaban J connectivity index is 2.91. The lowest BCUT2D eigenvalue weighted by Gasteiger charge is -2.28. The van der Waals surface area contributed by atoms with Gasteiger partial charge in [-0.15, -0.1) is 0 Å². The van der Waals surface area contributed by atoms with Gasteiger partial charge in [-0.3, -0.25) is 9.78 Å². The minimum absolute atomic E-state index is 0.186. The first kappa shape index (κ1) is 13.4. The number of hydrogen-bond donors (Lipinski definition) is 2. The third kappa shape index (κ3) is 3.71. The minimum atomic E-state index is -0.923. The predicted molar refractivity (Wildman–Crippen MR) is 66.5 cm³/mol. The smallest absolute Gasteiger partial charge is 0.256 e. The Morgan fingerprint density at radius 1 is 1.59 bits per heavy atom. The van der Waals surface area contributed by atoms with E-state index in [1.165, 1.54) is 12.4 Å². The van der Waals surface area contributed by atoms with Gasteiger partial charge in [-0.2, -0.15) is 0 Å². The molecule has 0 bridgehead atoms. The van der Waals surface area contributed by atoms with Gasteiger partial charge < -0.3 is 15.7 Å². The molecule has 1 amide bonds. The van der Waals surface area contributed by atoms with E-state index in [-0.39, 0.29) is 12.5 Å². The molecule has 5 heteroatoms. The van der Waals surface area contributed by atoms with Crippen LogP contribution in [0.5, 0.6) is 0 Å². The number of aliphatic hydroxyl groups is 1. The number of nitrogens with two attached hydrogens (primary N) is 1. The van der Waals surface area contributed by atoms with Crippen molar-refractivity contribution in [2.75, 3.05) is 18.8 Å². The molecule has 1 aromatic heterocycles. The second-order valence-corrected chi connectivity index (χ2v) is 4.59. The molecule has 0 aliphatic heterocycles. The number of hydrogen-bond acceptors (Lipinski definition) is 4. The molecular weight excluding hydrogens is 218 g/mol. The zero-order valence-corrected chi connectivity index (χ0v) is 10.5. The normalized spacial score (nSPS) is 11.3. The van der Waals surface area contributed by atoms with Crippen LogP contribution in [0.15, 0.2) is 18.5 Å². The lowest BCUT2D eigenvalue weighted by Crippen LogP contribution is -2.42. The molecule has 94 valence electrons. The molecule has 5 nitrogen and oxygen atoms in total. The molecule has 0 fully saturated rings. The van der Waals surface area contributed by atoms with Crippen molar-refractivity contribution in [1.82, 2.24) is 9.88 Å². The first-order valence-corrected chi connectivity index (χ1v) is 5.56. The zero-order valence-electron chi connectivity index (χ0n) is 10.5. The summed E-state index contributed by atoms with van der Waals surface area (Å²) in [5, 5.41) is 9.75. The number of rotatable bonds is 4. The molecule has 0 radical (unpaired) electrons. The number of likely N-dealkylation sites (N-methyl/N-ethyl adjacent to an activating group) is 1. The molecule has 1 aromatic rings. The highest BCUT2D eigenvalue weighted by Crippen LogP contribution is 2.14. The number of carbonyl (C=O) groups is 1. The summed E-state index contributed by atoms with van der Waals surface area (Å²) in [6, 6.07) is 1.59. The Morgan fingerprint density at radius 3 is 2.71 bits per heavy atom. The van der Waals surface area contributed by atoms with Gasteiger partial charge in [0, 0.05) is 19.3 Å². The van der Waals surface area contributed by atoms with Crippen molar-refractivity contribution in [3.05, 3.63) is 24.0 Å². The lowest BCUT2D eigenvalue weighted by atomic mass is 10.1. The summed E-state index contributed by atoms with van der Waals surface area (Å²) in [5.41, 5.74) is 5.56. The number of aromatic nitrogens is 1. The van der Waals surface area contributed by atoms with Crippen LogP contribution in [0, 0.1) is 0 Å². The number of amides is 1. The molecule has 0 unspecified atom stereocenters. The molecule has 0 aliphatic carbocycles. The molecule has 0 aliphatic rings. The van der Waals surface area contributed by atoms with Crippen LogP contribution in [0.4, 0.5) is 5.69 Å². The van der Waals surface area contributed by atoms with Gasteiger partial charge in [0.1, 0.15) is 0 Å². The Hall–Kier alpha value is -1.62. The van der Waals surface area contributed by atoms with Crippen molar-refractivity contribution in [1.29, 1.82) is 0 Å².